The van der Waals surface area contributed by atoms with Crippen LogP contribution in [0, 0.1) is 11.3 Å². The van der Waals surface area contributed by atoms with E-state index >= 15 is 0 Å². The number of nitrogens with two attached hydrogens (primary N) is 1. The van der Waals surface area contributed by atoms with Gasteiger partial charge in [-0.1, -0.05) is 74.0 Å². The maximum Gasteiger partial charge on any atom is 0.249 e. The van der Waals surface area contributed by atoms with E-state index in [1.165, 1.54) is 0 Å². The van der Waals surface area contributed by atoms with Crippen LogP contribution in [0.5, 0.6) is 5.75 Å². The van der Waals surface area contributed by atoms with Crippen molar-refractivity contribution in [2.75, 3.05) is 26.7 Å². The van der Waals surface area contributed by atoms with Gasteiger partial charge in [-0.25, -0.2) is 0 Å². The second-order valence-electron chi connectivity index (χ2n) is 10.8. The maximum absolute atomic E-state index is 13.7. The van der Waals surface area contributed by atoms with Gasteiger partial charge in [0.2, 0.25) is 11.8 Å². The van der Waals surface area contributed by atoms with Gasteiger partial charge in [-0.15, -0.1) is 0 Å². The highest BCUT2D eigenvalue weighted by Gasteiger charge is 2.48. The fraction of sp³-hybridized carbons (Fsp3) is 0.455. The van der Waals surface area contributed by atoms with Crippen LogP contribution in [0.1, 0.15) is 51.2 Å². The van der Waals surface area contributed by atoms with Gasteiger partial charge in [0.05, 0.1) is 18.6 Å². The summed E-state index contributed by atoms with van der Waals surface area (Å²) in [5, 5.41) is 15.0. The number of aliphatic hydroxyl groups excluding tert-OH is 1. The molecule has 0 saturated heterocycles. The number of primary amides is 1. The zero-order valence-corrected chi connectivity index (χ0v) is 24.4. The largest absolute Gasteiger partial charge is 0.497 e. The number of carbonyl (C=O) groups excluding carboxylic acids is 2. The summed E-state index contributed by atoms with van der Waals surface area (Å²) in [5.41, 5.74) is 8.31. The predicted molar refractivity (Wildman–Crippen MR) is 160 cm³/mol. The zero-order chi connectivity index (χ0) is 29.1. The molecular weight excluding hydrogens is 502 g/mol. The minimum atomic E-state index is -1.25. The van der Waals surface area contributed by atoms with Gasteiger partial charge in [0.25, 0.3) is 0 Å². The van der Waals surface area contributed by atoms with E-state index in [2.05, 4.69) is 5.32 Å². The highest BCUT2D eigenvalue weighted by Crippen LogP contribution is 2.44. The summed E-state index contributed by atoms with van der Waals surface area (Å²) in [6.45, 7) is 8.12. The molecule has 7 nitrogen and oxygen atoms in total. The van der Waals surface area contributed by atoms with Crippen molar-refractivity contribution in [1.82, 2.24) is 10.2 Å². The van der Waals surface area contributed by atoms with Gasteiger partial charge in [-0.05, 0) is 55.9 Å². The summed E-state index contributed by atoms with van der Waals surface area (Å²) in [6.07, 6.45) is 5.03. The quantitative estimate of drug-likeness (QED) is 0.307. The average molecular weight is 548 g/mol. The number of aliphatic hydroxyl groups is 1. The molecule has 0 saturated carbocycles. The highest BCUT2D eigenvalue weighted by atomic mass is 16.5. The second kappa shape index (κ2) is 14.8. The third-order valence-corrected chi connectivity index (χ3v) is 7.62. The van der Waals surface area contributed by atoms with E-state index in [1.807, 2.05) is 92.4 Å². The van der Waals surface area contributed by atoms with Gasteiger partial charge < -0.3 is 25.8 Å². The SMILES string of the molecule is CCCN(CCC)C(=O)C1=CC(C)=CC(C(N)=O)([C@H](Cc2cccc(OC)c2)[C@@H](O)CNCc2ccccc2)C1. The first kappa shape index (κ1) is 31.1. The van der Waals surface area contributed by atoms with Crippen molar-refractivity contribution < 1.29 is 19.4 Å². The Balaban J connectivity index is 1.97. The topological polar surface area (TPSA) is 105 Å². The van der Waals surface area contributed by atoms with Crippen molar-refractivity contribution in [3.63, 3.8) is 0 Å². The first-order valence-electron chi connectivity index (χ1n) is 14.3. The third-order valence-electron chi connectivity index (χ3n) is 7.62. The van der Waals surface area contributed by atoms with Crippen molar-refractivity contribution in [1.29, 1.82) is 0 Å². The van der Waals surface area contributed by atoms with E-state index in [-0.39, 0.29) is 18.9 Å². The van der Waals surface area contributed by atoms with Gasteiger partial charge in [0, 0.05) is 37.7 Å². The normalized spacial score (nSPS) is 18.3. The lowest BCUT2D eigenvalue weighted by atomic mass is 9.63. The lowest BCUT2D eigenvalue weighted by Gasteiger charge is -2.42. The van der Waals surface area contributed by atoms with Crippen LogP contribution in [0.2, 0.25) is 0 Å². The minimum Gasteiger partial charge on any atom is -0.497 e. The summed E-state index contributed by atoms with van der Waals surface area (Å²) in [7, 11) is 1.61. The molecule has 4 N–H and O–H groups in total. The number of benzene rings is 2. The van der Waals surface area contributed by atoms with Gasteiger partial charge >= 0.3 is 0 Å². The first-order valence-corrected chi connectivity index (χ1v) is 14.3. The average Bonchev–Trinajstić information content (AvgIpc) is 2.95. The van der Waals surface area contributed by atoms with Gasteiger partial charge in [0.15, 0.2) is 0 Å². The Hall–Kier alpha value is -3.42. The number of nitrogens with one attached hydrogen (secondary N) is 1. The molecule has 0 aliphatic heterocycles. The van der Waals surface area contributed by atoms with Crippen LogP contribution in [-0.4, -0.2) is 54.7 Å². The van der Waals surface area contributed by atoms with Crippen LogP contribution in [0.4, 0.5) is 0 Å². The molecule has 0 spiro atoms. The molecule has 1 aliphatic carbocycles. The van der Waals surface area contributed by atoms with Crippen molar-refractivity contribution in [2.24, 2.45) is 17.1 Å². The van der Waals surface area contributed by atoms with Gasteiger partial charge in [-0.3, -0.25) is 9.59 Å². The molecule has 1 aliphatic rings. The number of nitrogens with zero attached hydrogens (tertiary/aromatic N) is 1. The molecule has 2 aromatic carbocycles. The molecule has 40 heavy (non-hydrogen) atoms. The molecule has 7 heteroatoms. The van der Waals surface area contributed by atoms with Crippen molar-refractivity contribution in [3.8, 4) is 5.75 Å². The molecule has 0 fully saturated rings. The zero-order valence-electron chi connectivity index (χ0n) is 24.4. The van der Waals surface area contributed by atoms with Crippen LogP contribution in [0.3, 0.4) is 0 Å². The van der Waals surface area contributed by atoms with Crippen LogP contribution < -0.4 is 15.8 Å². The fourth-order valence-corrected chi connectivity index (χ4v) is 5.73. The highest BCUT2D eigenvalue weighted by molar-refractivity contribution is 5.96. The predicted octanol–water partition coefficient (Wildman–Crippen LogP) is 4.40. The van der Waals surface area contributed by atoms with Crippen LogP contribution in [-0.2, 0) is 22.6 Å². The summed E-state index contributed by atoms with van der Waals surface area (Å²) in [6, 6.07) is 17.6. The van der Waals surface area contributed by atoms with Crippen LogP contribution >= 0.6 is 0 Å². The van der Waals surface area contributed by atoms with E-state index < -0.39 is 23.3 Å². The number of rotatable bonds is 15. The van der Waals surface area contributed by atoms with Crippen LogP contribution in [0.15, 0.2) is 77.9 Å². The standard InChI is InChI=1S/C33H45N3O4/c1-5-15-36(16-6-2)31(38)27-17-24(3)20-33(21-27,32(34)39)29(19-26-13-10-14-28(18-26)40-4)30(37)23-35-22-25-11-8-7-9-12-25/h7-14,17-18,20,29-30,35,37H,5-6,15-16,19,21-23H2,1-4H3,(H2,34,39)/t29-,30+,33?/m1/s1. The molecule has 3 atom stereocenters. The summed E-state index contributed by atoms with van der Waals surface area (Å²) in [5.74, 6) is -0.504. The first-order chi connectivity index (χ1) is 19.2. The molecule has 0 radical (unpaired) electrons. The second-order valence-corrected chi connectivity index (χ2v) is 10.8. The molecule has 0 bridgehead atoms. The number of methoxy groups -OCH3 is 1. The Morgan fingerprint density at radius 1 is 1.07 bits per heavy atom. The number of carbonyl (C=O) groups is 2. The fourth-order valence-electron chi connectivity index (χ4n) is 5.73. The molecule has 0 aromatic heterocycles. The van der Waals surface area contributed by atoms with E-state index in [9.17, 15) is 14.7 Å². The van der Waals surface area contributed by atoms with E-state index in [1.54, 1.807) is 7.11 Å². The number of hydrogen-bond donors (Lipinski definition) is 3. The van der Waals surface area contributed by atoms with E-state index in [0.717, 1.165) is 29.5 Å². The summed E-state index contributed by atoms with van der Waals surface area (Å²) >= 11 is 0. The molecule has 2 amide bonds. The number of ether oxygens (including phenoxy) is 1. The smallest absolute Gasteiger partial charge is 0.249 e. The van der Waals surface area contributed by atoms with Crippen molar-refractivity contribution >= 4 is 11.8 Å². The Bertz CT molecular complexity index is 1190. The molecule has 2 aromatic rings. The monoisotopic (exact) mass is 547 g/mol. The van der Waals surface area contributed by atoms with Crippen molar-refractivity contribution in [2.45, 2.75) is 59.1 Å². The Morgan fingerprint density at radius 3 is 2.38 bits per heavy atom. The molecule has 216 valence electrons. The lowest BCUT2D eigenvalue weighted by molar-refractivity contribution is -0.132. The molecule has 1 unspecified atom stereocenters. The Labute approximate surface area is 239 Å². The molecule has 0 heterocycles. The lowest BCUT2D eigenvalue weighted by Crippen LogP contribution is -2.51. The Kier molecular flexibility index (Phi) is 11.5. The minimum absolute atomic E-state index is 0.0707. The van der Waals surface area contributed by atoms with E-state index in [0.29, 0.717) is 37.4 Å². The Morgan fingerprint density at radius 2 is 1.75 bits per heavy atom. The summed E-state index contributed by atoms with van der Waals surface area (Å²) < 4.78 is 5.43. The number of hydrogen-bond acceptors (Lipinski definition) is 5. The van der Waals surface area contributed by atoms with Crippen molar-refractivity contribution in [3.05, 3.63) is 89.0 Å². The van der Waals surface area contributed by atoms with Gasteiger partial charge in [-0.2, -0.15) is 0 Å². The van der Waals surface area contributed by atoms with Crippen LogP contribution in [0.25, 0.3) is 0 Å². The third kappa shape index (κ3) is 7.83. The molecular formula is C33H45N3O4. The number of amides is 2. The number of allylic oxidation sites excluding steroid dienone is 2. The van der Waals surface area contributed by atoms with E-state index in [4.69, 9.17) is 10.5 Å². The molecule has 3 rings (SSSR count). The van der Waals surface area contributed by atoms with Gasteiger partial charge in [0.1, 0.15) is 5.75 Å². The maximum atomic E-state index is 13.7. The summed E-state index contributed by atoms with van der Waals surface area (Å²) in [4.78, 5) is 29.0.